The van der Waals surface area contributed by atoms with Crippen LogP contribution in [-0.4, -0.2) is 39.4 Å². The fraction of sp³-hybridized carbons (Fsp3) is 0.562. The van der Waals surface area contributed by atoms with Crippen molar-refractivity contribution < 1.29 is 19.0 Å². The molecule has 5 heteroatoms. The quantitative estimate of drug-likeness (QED) is 0.779. The van der Waals surface area contributed by atoms with Gasteiger partial charge in [0.2, 0.25) is 5.91 Å². The molecule has 0 fully saturated rings. The number of benzene rings is 1. The van der Waals surface area contributed by atoms with Crippen LogP contribution in [0.15, 0.2) is 18.2 Å². The van der Waals surface area contributed by atoms with Crippen molar-refractivity contribution in [1.82, 2.24) is 5.32 Å². The van der Waals surface area contributed by atoms with Gasteiger partial charge in [-0.3, -0.25) is 4.79 Å². The molecule has 1 aliphatic heterocycles. The van der Waals surface area contributed by atoms with E-state index in [0.29, 0.717) is 32.8 Å². The number of carbonyl (C=O) groups is 1. The smallest absolute Gasteiger partial charge is 0.226 e. The molecule has 1 amide bonds. The second-order valence-electron chi connectivity index (χ2n) is 5.03. The van der Waals surface area contributed by atoms with E-state index in [1.807, 2.05) is 25.1 Å². The highest BCUT2D eigenvalue weighted by atomic mass is 16.5. The summed E-state index contributed by atoms with van der Waals surface area (Å²) in [7, 11) is 1.63. The Morgan fingerprint density at radius 2 is 2.33 bits per heavy atom. The number of hydrogen-bond acceptors (Lipinski definition) is 4. The van der Waals surface area contributed by atoms with E-state index in [2.05, 4.69) is 5.32 Å². The molecule has 116 valence electrons. The number of amides is 1. The molecule has 21 heavy (non-hydrogen) atoms. The largest absolute Gasteiger partial charge is 0.497 e. The molecule has 0 aromatic heterocycles. The van der Waals surface area contributed by atoms with Crippen molar-refractivity contribution in [2.45, 2.75) is 19.8 Å². The predicted octanol–water partition coefficient (Wildman–Crippen LogP) is 1.79. The van der Waals surface area contributed by atoms with Crippen molar-refractivity contribution in [2.24, 2.45) is 5.92 Å². The number of hydrogen-bond donors (Lipinski definition) is 1. The molecule has 0 unspecified atom stereocenters. The third kappa shape index (κ3) is 4.36. The lowest BCUT2D eigenvalue weighted by Gasteiger charge is -2.25. The van der Waals surface area contributed by atoms with E-state index in [4.69, 9.17) is 14.2 Å². The van der Waals surface area contributed by atoms with Gasteiger partial charge in [-0.05, 0) is 43.5 Å². The second-order valence-corrected chi connectivity index (χ2v) is 5.03. The van der Waals surface area contributed by atoms with Gasteiger partial charge in [0, 0.05) is 19.8 Å². The first kappa shape index (κ1) is 15.6. The molecular formula is C16H23NO4. The van der Waals surface area contributed by atoms with Crippen molar-refractivity contribution in [2.75, 3.05) is 33.5 Å². The zero-order chi connectivity index (χ0) is 15.1. The summed E-state index contributed by atoms with van der Waals surface area (Å²) < 4.78 is 16.1. The third-order valence-electron chi connectivity index (χ3n) is 3.51. The Bertz CT molecular complexity index is 475. The van der Waals surface area contributed by atoms with Crippen LogP contribution in [0.5, 0.6) is 11.5 Å². The lowest BCUT2D eigenvalue weighted by atomic mass is 9.96. The zero-order valence-corrected chi connectivity index (χ0v) is 12.7. The lowest BCUT2D eigenvalue weighted by molar-refractivity contribution is -0.126. The van der Waals surface area contributed by atoms with E-state index in [-0.39, 0.29) is 11.8 Å². The van der Waals surface area contributed by atoms with Crippen LogP contribution in [0.1, 0.15) is 18.9 Å². The first-order valence-corrected chi connectivity index (χ1v) is 7.39. The molecule has 1 aliphatic rings. The molecule has 1 heterocycles. The Balaban J connectivity index is 1.84. The Morgan fingerprint density at radius 3 is 3.10 bits per heavy atom. The van der Waals surface area contributed by atoms with Gasteiger partial charge in [-0.25, -0.2) is 0 Å². The molecule has 0 aliphatic carbocycles. The van der Waals surface area contributed by atoms with Gasteiger partial charge in [0.25, 0.3) is 0 Å². The minimum Gasteiger partial charge on any atom is -0.497 e. The number of fused-ring (bicyclic) bond motifs is 1. The van der Waals surface area contributed by atoms with E-state index < -0.39 is 0 Å². The molecule has 1 aromatic carbocycles. The van der Waals surface area contributed by atoms with Crippen molar-refractivity contribution >= 4 is 5.91 Å². The Morgan fingerprint density at radius 1 is 1.48 bits per heavy atom. The first-order valence-electron chi connectivity index (χ1n) is 7.39. The van der Waals surface area contributed by atoms with Crippen LogP contribution in [-0.2, 0) is 16.0 Å². The van der Waals surface area contributed by atoms with Crippen LogP contribution < -0.4 is 14.8 Å². The van der Waals surface area contributed by atoms with E-state index in [0.717, 1.165) is 23.5 Å². The third-order valence-corrected chi connectivity index (χ3v) is 3.51. The number of ether oxygens (including phenoxy) is 3. The molecule has 0 radical (unpaired) electrons. The molecule has 1 N–H and O–H groups in total. The normalized spacial score (nSPS) is 16.8. The summed E-state index contributed by atoms with van der Waals surface area (Å²) >= 11 is 0. The van der Waals surface area contributed by atoms with Crippen LogP contribution in [0, 0.1) is 5.92 Å². The minimum absolute atomic E-state index is 0.0416. The number of rotatable bonds is 7. The number of methoxy groups -OCH3 is 1. The molecule has 0 saturated heterocycles. The Labute approximate surface area is 125 Å². The number of carbonyl (C=O) groups excluding carboxylic acids is 1. The lowest BCUT2D eigenvalue weighted by Crippen LogP contribution is -2.38. The average molecular weight is 293 g/mol. The molecule has 1 aromatic rings. The van der Waals surface area contributed by atoms with Crippen LogP contribution in [0.2, 0.25) is 0 Å². The highest BCUT2D eigenvalue weighted by molar-refractivity contribution is 5.79. The van der Waals surface area contributed by atoms with Gasteiger partial charge in [0.05, 0.1) is 13.0 Å². The van der Waals surface area contributed by atoms with E-state index in [1.54, 1.807) is 7.11 Å². The van der Waals surface area contributed by atoms with Gasteiger partial charge in [-0.15, -0.1) is 0 Å². The summed E-state index contributed by atoms with van der Waals surface area (Å²) in [6, 6.07) is 5.70. The van der Waals surface area contributed by atoms with E-state index in [9.17, 15) is 4.79 Å². The van der Waals surface area contributed by atoms with Gasteiger partial charge >= 0.3 is 0 Å². The monoisotopic (exact) mass is 293 g/mol. The van der Waals surface area contributed by atoms with Gasteiger partial charge in [-0.2, -0.15) is 0 Å². The van der Waals surface area contributed by atoms with Crippen LogP contribution >= 0.6 is 0 Å². The van der Waals surface area contributed by atoms with Crippen LogP contribution in [0.25, 0.3) is 0 Å². The van der Waals surface area contributed by atoms with Gasteiger partial charge in [-0.1, -0.05) is 0 Å². The summed E-state index contributed by atoms with van der Waals surface area (Å²) in [6.45, 7) is 4.42. The Hall–Kier alpha value is -1.75. The summed E-state index contributed by atoms with van der Waals surface area (Å²) in [6.07, 6.45) is 1.52. The maximum Gasteiger partial charge on any atom is 0.226 e. The molecule has 5 nitrogen and oxygen atoms in total. The van der Waals surface area contributed by atoms with E-state index in [1.165, 1.54) is 0 Å². The topological polar surface area (TPSA) is 56.8 Å². The van der Waals surface area contributed by atoms with Crippen molar-refractivity contribution in [3.8, 4) is 11.5 Å². The fourth-order valence-electron chi connectivity index (χ4n) is 2.34. The molecule has 2 rings (SSSR count). The van der Waals surface area contributed by atoms with Gasteiger partial charge < -0.3 is 19.5 Å². The summed E-state index contributed by atoms with van der Waals surface area (Å²) in [5, 5.41) is 2.94. The second kappa shape index (κ2) is 7.88. The maximum absolute atomic E-state index is 12.1. The first-order chi connectivity index (χ1) is 10.2. The molecule has 0 spiro atoms. The fourth-order valence-corrected chi connectivity index (χ4v) is 2.34. The molecule has 1 atom stereocenters. The van der Waals surface area contributed by atoms with Crippen LogP contribution in [0.3, 0.4) is 0 Å². The summed E-state index contributed by atoms with van der Waals surface area (Å²) in [4.78, 5) is 12.1. The molecular weight excluding hydrogens is 270 g/mol. The average Bonchev–Trinajstić information content (AvgIpc) is 2.53. The summed E-state index contributed by atoms with van der Waals surface area (Å²) in [5.41, 5.74) is 1.02. The minimum atomic E-state index is -0.142. The summed E-state index contributed by atoms with van der Waals surface area (Å²) in [5.74, 6) is 1.53. The highest BCUT2D eigenvalue weighted by Crippen LogP contribution is 2.30. The maximum atomic E-state index is 12.1. The van der Waals surface area contributed by atoms with Gasteiger partial charge in [0.1, 0.15) is 18.1 Å². The van der Waals surface area contributed by atoms with Crippen molar-refractivity contribution in [3.63, 3.8) is 0 Å². The van der Waals surface area contributed by atoms with Crippen molar-refractivity contribution in [3.05, 3.63) is 23.8 Å². The molecule has 0 bridgehead atoms. The van der Waals surface area contributed by atoms with E-state index >= 15 is 0 Å². The predicted molar refractivity (Wildman–Crippen MR) is 79.8 cm³/mol. The van der Waals surface area contributed by atoms with Gasteiger partial charge in [0.15, 0.2) is 0 Å². The Kier molecular flexibility index (Phi) is 5.87. The SMILES string of the molecule is CCOCCCNC(=O)[C@@H]1COc2ccc(OC)cc2C1. The van der Waals surface area contributed by atoms with Crippen molar-refractivity contribution in [1.29, 1.82) is 0 Å². The standard InChI is InChI=1S/C16H23NO4/c1-3-20-8-4-7-17-16(18)13-9-12-10-14(19-2)5-6-15(12)21-11-13/h5-6,10,13H,3-4,7-9,11H2,1-2H3,(H,17,18)/t13-/m0/s1. The molecule has 0 saturated carbocycles. The highest BCUT2D eigenvalue weighted by Gasteiger charge is 2.26. The zero-order valence-electron chi connectivity index (χ0n) is 12.7. The van der Waals surface area contributed by atoms with Crippen LogP contribution in [0.4, 0.5) is 0 Å². The number of nitrogens with one attached hydrogen (secondary N) is 1.